The number of fused-ring (bicyclic) bond motifs is 2. The monoisotopic (exact) mass is 379 g/mol. The molecule has 0 unspecified atom stereocenters. The lowest BCUT2D eigenvalue weighted by atomic mass is 9.76. The average molecular weight is 379 g/mol. The Morgan fingerprint density at radius 3 is 2.86 bits per heavy atom. The topological polar surface area (TPSA) is 75.5 Å². The number of morpholine rings is 1. The minimum absolute atomic E-state index is 0.0343. The minimum Gasteiger partial charge on any atom is -0.378 e. The molecule has 7 heteroatoms. The molecule has 1 saturated heterocycles. The van der Waals surface area contributed by atoms with Crippen molar-refractivity contribution < 1.29 is 9.53 Å². The van der Waals surface area contributed by atoms with Crippen LogP contribution < -0.4 is 0 Å². The van der Waals surface area contributed by atoms with E-state index in [-0.39, 0.29) is 5.91 Å². The molecule has 1 aliphatic carbocycles. The van der Waals surface area contributed by atoms with Gasteiger partial charge in [0.05, 0.1) is 18.9 Å². The summed E-state index contributed by atoms with van der Waals surface area (Å²) in [4.78, 5) is 19.0. The first kappa shape index (κ1) is 17.4. The van der Waals surface area contributed by atoms with Crippen LogP contribution in [0.3, 0.4) is 0 Å². The van der Waals surface area contributed by atoms with E-state index in [0.29, 0.717) is 37.4 Å². The number of nitrogens with zero attached hydrogens (tertiary/aromatic N) is 4. The minimum atomic E-state index is -0.0343. The van der Waals surface area contributed by atoms with Gasteiger partial charge in [-0.15, -0.1) is 0 Å². The summed E-state index contributed by atoms with van der Waals surface area (Å²) >= 11 is 0. The van der Waals surface area contributed by atoms with Crippen molar-refractivity contribution in [3.63, 3.8) is 0 Å². The zero-order valence-electron chi connectivity index (χ0n) is 16.4. The van der Waals surface area contributed by atoms with Crippen LogP contribution in [0, 0.1) is 5.41 Å². The van der Waals surface area contributed by atoms with Gasteiger partial charge in [-0.05, 0) is 36.8 Å². The Kier molecular flexibility index (Phi) is 4.01. The summed E-state index contributed by atoms with van der Waals surface area (Å²) in [7, 11) is 0. The molecule has 0 atom stereocenters. The largest absolute Gasteiger partial charge is 0.378 e. The SMILES string of the molecule is CC1(C)CCc2c(-c3ccc4nc(C(=O)N5CCOCC5)cn4c3)n[nH]c2C1. The van der Waals surface area contributed by atoms with Crippen molar-refractivity contribution in [3.05, 3.63) is 41.5 Å². The molecule has 5 rings (SSSR count). The van der Waals surface area contributed by atoms with Gasteiger partial charge >= 0.3 is 0 Å². The van der Waals surface area contributed by atoms with E-state index < -0.39 is 0 Å². The Hall–Kier alpha value is -2.67. The fourth-order valence-electron chi connectivity index (χ4n) is 4.25. The van der Waals surface area contributed by atoms with Crippen LogP contribution in [0.4, 0.5) is 0 Å². The number of H-pyrrole nitrogens is 1. The van der Waals surface area contributed by atoms with E-state index in [4.69, 9.17) is 4.74 Å². The second kappa shape index (κ2) is 6.44. The van der Waals surface area contributed by atoms with E-state index in [1.54, 1.807) is 4.90 Å². The molecule has 3 aromatic heterocycles. The van der Waals surface area contributed by atoms with E-state index in [2.05, 4.69) is 29.0 Å². The van der Waals surface area contributed by atoms with E-state index in [1.165, 1.54) is 11.3 Å². The van der Waals surface area contributed by atoms with Crippen molar-refractivity contribution in [2.45, 2.75) is 33.1 Å². The molecule has 1 fully saturated rings. The number of ether oxygens (including phenoxy) is 1. The molecule has 1 amide bonds. The number of imidazole rings is 1. The summed E-state index contributed by atoms with van der Waals surface area (Å²) in [6, 6.07) is 4.00. The fourth-order valence-corrected chi connectivity index (χ4v) is 4.25. The van der Waals surface area contributed by atoms with Crippen LogP contribution in [-0.2, 0) is 17.6 Å². The van der Waals surface area contributed by atoms with Crippen molar-refractivity contribution in [2.75, 3.05) is 26.3 Å². The van der Waals surface area contributed by atoms with Gasteiger partial charge < -0.3 is 14.0 Å². The molecule has 0 aromatic carbocycles. The highest BCUT2D eigenvalue weighted by molar-refractivity contribution is 5.93. The highest BCUT2D eigenvalue weighted by Gasteiger charge is 2.29. The molecule has 0 spiro atoms. The first-order valence-electron chi connectivity index (χ1n) is 9.92. The first-order valence-corrected chi connectivity index (χ1v) is 9.92. The van der Waals surface area contributed by atoms with Gasteiger partial charge in [-0.25, -0.2) is 4.98 Å². The van der Waals surface area contributed by atoms with Gasteiger partial charge in [0, 0.05) is 42.3 Å². The molecule has 7 nitrogen and oxygen atoms in total. The standard InChI is InChI=1S/C21H25N5O2/c1-21(2)6-5-15-16(11-21)23-24-19(15)14-3-4-18-22-17(13-26(18)12-14)20(27)25-7-9-28-10-8-25/h3-4,12-13H,5-11H2,1-2H3,(H,23,24). The number of carbonyl (C=O) groups excluding carboxylic acids is 1. The number of hydrogen-bond acceptors (Lipinski definition) is 4. The molecule has 28 heavy (non-hydrogen) atoms. The number of rotatable bonds is 2. The number of pyridine rings is 1. The van der Waals surface area contributed by atoms with Crippen LogP contribution in [0.5, 0.6) is 0 Å². The van der Waals surface area contributed by atoms with Gasteiger partial charge in [0.1, 0.15) is 11.3 Å². The van der Waals surface area contributed by atoms with Gasteiger partial charge in [-0.3, -0.25) is 9.89 Å². The van der Waals surface area contributed by atoms with Gasteiger partial charge in [-0.1, -0.05) is 13.8 Å². The summed E-state index contributed by atoms with van der Waals surface area (Å²) in [5.74, 6) is -0.0343. The number of amides is 1. The third kappa shape index (κ3) is 2.99. The van der Waals surface area contributed by atoms with Crippen molar-refractivity contribution in [1.82, 2.24) is 24.5 Å². The van der Waals surface area contributed by atoms with Gasteiger partial charge in [0.25, 0.3) is 5.91 Å². The van der Waals surface area contributed by atoms with E-state index >= 15 is 0 Å². The summed E-state index contributed by atoms with van der Waals surface area (Å²) in [6.45, 7) is 7.03. The lowest BCUT2D eigenvalue weighted by Gasteiger charge is -2.29. The summed E-state index contributed by atoms with van der Waals surface area (Å²) in [6.07, 6.45) is 7.07. The third-order valence-corrected chi connectivity index (χ3v) is 5.90. The Labute approximate surface area is 163 Å². The van der Waals surface area contributed by atoms with E-state index in [0.717, 1.165) is 36.2 Å². The summed E-state index contributed by atoms with van der Waals surface area (Å²) in [5, 5.41) is 7.86. The second-order valence-corrected chi connectivity index (χ2v) is 8.58. The van der Waals surface area contributed by atoms with Crippen LogP contribution in [0.1, 0.15) is 42.0 Å². The van der Waals surface area contributed by atoms with Gasteiger partial charge in [0.15, 0.2) is 0 Å². The maximum absolute atomic E-state index is 12.7. The molecule has 1 N–H and O–H groups in total. The molecular formula is C21H25N5O2. The molecule has 2 aliphatic rings. The highest BCUT2D eigenvalue weighted by atomic mass is 16.5. The summed E-state index contributed by atoms with van der Waals surface area (Å²) < 4.78 is 7.26. The van der Waals surface area contributed by atoms with E-state index in [9.17, 15) is 4.79 Å². The maximum atomic E-state index is 12.7. The zero-order valence-corrected chi connectivity index (χ0v) is 16.4. The molecule has 0 saturated carbocycles. The Morgan fingerprint density at radius 1 is 1.21 bits per heavy atom. The zero-order chi connectivity index (χ0) is 19.3. The quantitative estimate of drug-likeness (QED) is 0.743. The summed E-state index contributed by atoms with van der Waals surface area (Å²) in [5.41, 5.74) is 6.20. The van der Waals surface area contributed by atoms with Crippen LogP contribution in [-0.4, -0.2) is 56.7 Å². The first-order chi connectivity index (χ1) is 13.5. The van der Waals surface area contributed by atoms with Crippen LogP contribution in [0.15, 0.2) is 24.5 Å². The predicted octanol–water partition coefficient (Wildman–Crippen LogP) is 2.71. The predicted molar refractivity (Wildman–Crippen MR) is 105 cm³/mol. The molecule has 0 radical (unpaired) electrons. The Morgan fingerprint density at radius 2 is 2.04 bits per heavy atom. The highest BCUT2D eigenvalue weighted by Crippen LogP contribution is 2.37. The molecule has 146 valence electrons. The number of aromatic nitrogens is 4. The number of nitrogens with one attached hydrogen (secondary N) is 1. The third-order valence-electron chi connectivity index (χ3n) is 5.90. The number of aromatic amines is 1. The van der Waals surface area contributed by atoms with Gasteiger partial charge in [0.2, 0.25) is 0 Å². The van der Waals surface area contributed by atoms with Crippen LogP contribution in [0.2, 0.25) is 0 Å². The van der Waals surface area contributed by atoms with E-state index in [1.807, 2.05) is 28.9 Å². The van der Waals surface area contributed by atoms with Crippen LogP contribution in [0.25, 0.3) is 16.9 Å². The maximum Gasteiger partial charge on any atom is 0.274 e. The molecule has 3 aromatic rings. The van der Waals surface area contributed by atoms with Crippen molar-refractivity contribution in [1.29, 1.82) is 0 Å². The molecule has 4 heterocycles. The Bertz CT molecular complexity index is 1040. The van der Waals surface area contributed by atoms with Gasteiger partial charge in [-0.2, -0.15) is 5.10 Å². The van der Waals surface area contributed by atoms with Crippen LogP contribution >= 0.6 is 0 Å². The van der Waals surface area contributed by atoms with Crippen molar-refractivity contribution in [2.24, 2.45) is 5.41 Å². The number of hydrogen-bond donors (Lipinski definition) is 1. The van der Waals surface area contributed by atoms with Crippen molar-refractivity contribution >= 4 is 11.6 Å². The average Bonchev–Trinajstić information content (AvgIpc) is 3.30. The lowest BCUT2D eigenvalue weighted by Crippen LogP contribution is -2.40. The lowest BCUT2D eigenvalue weighted by molar-refractivity contribution is 0.0299. The smallest absolute Gasteiger partial charge is 0.274 e. The molecule has 1 aliphatic heterocycles. The molecule has 0 bridgehead atoms. The molecular weight excluding hydrogens is 354 g/mol. The fraction of sp³-hybridized carbons (Fsp3) is 0.476. The second-order valence-electron chi connectivity index (χ2n) is 8.58. The van der Waals surface area contributed by atoms with Crippen molar-refractivity contribution in [3.8, 4) is 11.3 Å². The number of carbonyl (C=O) groups is 1. The Balaban J connectivity index is 1.46. The normalized spacial score (nSPS) is 19.0.